The van der Waals surface area contributed by atoms with E-state index >= 15 is 0 Å². The molecule has 0 saturated heterocycles. The summed E-state index contributed by atoms with van der Waals surface area (Å²) in [4.78, 5) is 23.3. The second-order valence-corrected chi connectivity index (χ2v) is 5.02. The maximum atomic E-state index is 11.9. The molecule has 0 radical (unpaired) electrons. The highest BCUT2D eigenvalue weighted by molar-refractivity contribution is 5.91. The van der Waals surface area contributed by atoms with Crippen molar-refractivity contribution in [2.24, 2.45) is 0 Å². The highest BCUT2D eigenvalue weighted by atomic mass is 16.5. The van der Waals surface area contributed by atoms with E-state index in [1.54, 1.807) is 6.07 Å². The Bertz CT molecular complexity index is 575. The summed E-state index contributed by atoms with van der Waals surface area (Å²) in [5.41, 5.74) is 2.99. The number of benzene rings is 1. The molecule has 1 aromatic rings. The molecule has 1 N–H and O–H groups in total. The predicted molar refractivity (Wildman–Crippen MR) is 76.6 cm³/mol. The zero-order valence-electron chi connectivity index (χ0n) is 11.9. The molecule has 5 nitrogen and oxygen atoms in total. The quantitative estimate of drug-likeness (QED) is 0.660. The van der Waals surface area contributed by atoms with Gasteiger partial charge in [-0.25, -0.2) is 4.79 Å². The molecular formula is C16H18N2O3. The molecule has 0 aromatic heterocycles. The van der Waals surface area contributed by atoms with Crippen LogP contribution in [0.1, 0.15) is 40.7 Å². The van der Waals surface area contributed by atoms with Crippen LogP contribution in [0.5, 0.6) is 0 Å². The molecule has 21 heavy (non-hydrogen) atoms. The number of esters is 1. The highest BCUT2D eigenvalue weighted by Gasteiger charge is 2.14. The van der Waals surface area contributed by atoms with E-state index in [9.17, 15) is 9.59 Å². The van der Waals surface area contributed by atoms with Gasteiger partial charge < -0.3 is 10.1 Å². The lowest BCUT2D eigenvalue weighted by molar-refractivity contribution is -0.124. The molecule has 0 atom stereocenters. The van der Waals surface area contributed by atoms with Gasteiger partial charge in [-0.2, -0.15) is 5.26 Å². The summed E-state index contributed by atoms with van der Waals surface area (Å²) < 4.78 is 4.98. The molecule has 5 heteroatoms. The van der Waals surface area contributed by atoms with E-state index in [4.69, 9.17) is 10.00 Å². The van der Waals surface area contributed by atoms with Gasteiger partial charge in [0.15, 0.2) is 6.61 Å². The molecule has 0 bridgehead atoms. The van der Waals surface area contributed by atoms with Crippen LogP contribution in [0.4, 0.5) is 0 Å². The number of hydrogen-bond acceptors (Lipinski definition) is 4. The maximum absolute atomic E-state index is 11.9. The molecule has 1 aromatic carbocycles. The number of hydrogen-bond donors (Lipinski definition) is 1. The third-order valence-corrected chi connectivity index (χ3v) is 3.48. The fraction of sp³-hybridized carbons (Fsp3) is 0.438. The number of aryl methyl sites for hydroxylation is 2. The van der Waals surface area contributed by atoms with Gasteiger partial charge in [-0.15, -0.1) is 0 Å². The average Bonchev–Trinajstić information content (AvgIpc) is 2.52. The monoisotopic (exact) mass is 286 g/mol. The van der Waals surface area contributed by atoms with Gasteiger partial charge in [0.1, 0.15) is 0 Å². The lowest BCUT2D eigenvalue weighted by Gasteiger charge is -2.16. The molecule has 0 unspecified atom stereocenters. The molecule has 0 saturated carbocycles. The van der Waals surface area contributed by atoms with E-state index in [0.29, 0.717) is 5.56 Å². The predicted octanol–water partition coefficient (Wildman–Crippen LogP) is 1.75. The number of amides is 1. The number of nitrogens with zero attached hydrogens (tertiary/aromatic N) is 1. The summed E-state index contributed by atoms with van der Waals surface area (Å²) in [7, 11) is 0. The second kappa shape index (κ2) is 7.44. The van der Waals surface area contributed by atoms with Crippen molar-refractivity contribution in [3.05, 3.63) is 34.9 Å². The van der Waals surface area contributed by atoms with Crippen LogP contribution >= 0.6 is 0 Å². The molecule has 0 aliphatic heterocycles. The Hall–Kier alpha value is -2.35. The Morgan fingerprint density at radius 3 is 2.76 bits per heavy atom. The Labute approximate surface area is 123 Å². The summed E-state index contributed by atoms with van der Waals surface area (Å²) in [5.74, 6) is -0.879. The van der Waals surface area contributed by atoms with E-state index in [1.807, 2.05) is 18.2 Å². The van der Waals surface area contributed by atoms with Crippen LogP contribution in [0.2, 0.25) is 0 Å². The minimum absolute atomic E-state index is 0.241. The van der Waals surface area contributed by atoms with Crippen LogP contribution in [0.15, 0.2) is 18.2 Å². The standard InChI is InChI=1S/C16H18N2O3/c17-8-3-9-18-15(19)11-21-16(20)14-7-6-12-4-1-2-5-13(12)10-14/h6-7,10H,1-5,9,11H2,(H,18,19). The van der Waals surface area contributed by atoms with Crippen LogP contribution in [0.25, 0.3) is 0 Å². The van der Waals surface area contributed by atoms with Crippen LogP contribution in [-0.4, -0.2) is 25.0 Å². The maximum Gasteiger partial charge on any atom is 0.338 e. The van der Waals surface area contributed by atoms with Crippen LogP contribution in [-0.2, 0) is 22.4 Å². The number of fused-ring (bicyclic) bond motifs is 1. The molecule has 1 amide bonds. The van der Waals surface area contributed by atoms with Gasteiger partial charge in [0, 0.05) is 6.54 Å². The molecule has 110 valence electrons. The number of nitrogens with one attached hydrogen (secondary N) is 1. The Morgan fingerprint density at radius 2 is 2.00 bits per heavy atom. The highest BCUT2D eigenvalue weighted by Crippen LogP contribution is 2.22. The SMILES string of the molecule is N#CCCNC(=O)COC(=O)c1ccc2c(c1)CCCC2. The normalized spacial score (nSPS) is 12.9. The van der Waals surface area contributed by atoms with Gasteiger partial charge in [-0.3, -0.25) is 4.79 Å². The largest absolute Gasteiger partial charge is 0.452 e. The minimum atomic E-state index is -0.487. The third-order valence-electron chi connectivity index (χ3n) is 3.48. The van der Waals surface area contributed by atoms with Crippen LogP contribution in [0, 0.1) is 11.3 Å². The minimum Gasteiger partial charge on any atom is -0.452 e. The smallest absolute Gasteiger partial charge is 0.338 e. The molecule has 0 spiro atoms. The van der Waals surface area contributed by atoms with Crippen molar-refractivity contribution in [1.29, 1.82) is 5.26 Å². The number of rotatable bonds is 5. The fourth-order valence-corrected chi connectivity index (χ4v) is 2.38. The van der Waals surface area contributed by atoms with Gasteiger partial charge in [-0.05, 0) is 48.9 Å². The summed E-state index contributed by atoms with van der Waals surface area (Å²) in [6, 6.07) is 7.51. The van der Waals surface area contributed by atoms with Crippen molar-refractivity contribution in [2.75, 3.05) is 13.2 Å². The molecule has 0 heterocycles. The van der Waals surface area contributed by atoms with E-state index in [0.717, 1.165) is 19.3 Å². The van der Waals surface area contributed by atoms with Gasteiger partial charge in [0.25, 0.3) is 5.91 Å². The van der Waals surface area contributed by atoms with Gasteiger partial charge >= 0.3 is 5.97 Å². The average molecular weight is 286 g/mol. The summed E-state index contributed by atoms with van der Waals surface area (Å²) >= 11 is 0. The fourth-order valence-electron chi connectivity index (χ4n) is 2.38. The Morgan fingerprint density at radius 1 is 1.24 bits per heavy atom. The number of ether oxygens (including phenoxy) is 1. The lowest BCUT2D eigenvalue weighted by atomic mass is 9.90. The van der Waals surface area contributed by atoms with E-state index in [2.05, 4.69) is 5.32 Å². The number of nitriles is 1. The second-order valence-electron chi connectivity index (χ2n) is 5.02. The first-order valence-corrected chi connectivity index (χ1v) is 7.13. The lowest BCUT2D eigenvalue weighted by Crippen LogP contribution is -2.29. The molecule has 2 rings (SSSR count). The first-order valence-electron chi connectivity index (χ1n) is 7.13. The molecule has 1 aliphatic carbocycles. The van der Waals surface area contributed by atoms with Crippen molar-refractivity contribution >= 4 is 11.9 Å². The van der Waals surface area contributed by atoms with Crippen LogP contribution in [0.3, 0.4) is 0 Å². The van der Waals surface area contributed by atoms with Gasteiger partial charge in [0.2, 0.25) is 0 Å². The molecular weight excluding hydrogens is 268 g/mol. The van der Waals surface area contributed by atoms with Crippen molar-refractivity contribution in [3.8, 4) is 6.07 Å². The molecule has 1 aliphatic rings. The van der Waals surface area contributed by atoms with Crippen molar-refractivity contribution in [2.45, 2.75) is 32.1 Å². The number of carbonyl (C=O) groups excluding carboxylic acids is 2. The summed E-state index contributed by atoms with van der Waals surface area (Å²) in [5, 5.41) is 10.9. The summed E-state index contributed by atoms with van der Waals surface area (Å²) in [6.07, 6.45) is 4.63. The van der Waals surface area contributed by atoms with Crippen LogP contribution < -0.4 is 5.32 Å². The third kappa shape index (κ3) is 4.32. The van der Waals surface area contributed by atoms with Crippen molar-refractivity contribution in [1.82, 2.24) is 5.32 Å². The van der Waals surface area contributed by atoms with E-state index < -0.39 is 11.9 Å². The van der Waals surface area contributed by atoms with Gasteiger partial charge in [0.05, 0.1) is 18.1 Å². The summed E-state index contributed by atoms with van der Waals surface area (Å²) in [6.45, 7) is -0.0485. The topological polar surface area (TPSA) is 79.2 Å². The van der Waals surface area contributed by atoms with E-state index in [-0.39, 0.29) is 19.6 Å². The van der Waals surface area contributed by atoms with Crippen molar-refractivity contribution < 1.29 is 14.3 Å². The first kappa shape index (κ1) is 15.0. The van der Waals surface area contributed by atoms with Crippen molar-refractivity contribution in [3.63, 3.8) is 0 Å². The zero-order chi connectivity index (χ0) is 15.1. The Kier molecular flexibility index (Phi) is 5.33. The Balaban J connectivity index is 1.86. The van der Waals surface area contributed by atoms with E-state index in [1.165, 1.54) is 17.5 Å². The number of carbonyl (C=O) groups is 2. The molecule has 0 fully saturated rings. The van der Waals surface area contributed by atoms with Gasteiger partial charge in [-0.1, -0.05) is 6.07 Å². The first-order chi connectivity index (χ1) is 10.2. The zero-order valence-corrected chi connectivity index (χ0v) is 11.9.